The van der Waals surface area contributed by atoms with Crippen molar-refractivity contribution in [1.29, 1.82) is 0 Å². The number of nitrogens with zero attached hydrogens (tertiary/aromatic N) is 2. The molecular formula is C13H16N4O. The van der Waals surface area contributed by atoms with Gasteiger partial charge in [0.2, 0.25) is 5.91 Å². The number of aromatic nitrogens is 2. The highest BCUT2D eigenvalue weighted by Crippen LogP contribution is 2.15. The fourth-order valence-corrected chi connectivity index (χ4v) is 1.71. The van der Waals surface area contributed by atoms with Crippen LogP contribution >= 0.6 is 0 Å². The first kappa shape index (κ1) is 12.4. The van der Waals surface area contributed by atoms with Crippen LogP contribution in [0.15, 0.2) is 30.6 Å². The van der Waals surface area contributed by atoms with E-state index >= 15 is 0 Å². The van der Waals surface area contributed by atoms with E-state index in [2.05, 4.69) is 20.6 Å². The zero-order valence-corrected chi connectivity index (χ0v) is 10.5. The van der Waals surface area contributed by atoms with Crippen LogP contribution in [0, 0.1) is 5.92 Å². The molecule has 0 aliphatic heterocycles. The maximum atomic E-state index is 11.9. The molecule has 1 heterocycles. The summed E-state index contributed by atoms with van der Waals surface area (Å²) in [5, 5.41) is 5.85. The molecule has 1 aromatic heterocycles. The number of rotatable bonds is 4. The summed E-state index contributed by atoms with van der Waals surface area (Å²) >= 11 is 0. The van der Waals surface area contributed by atoms with Crippen molar-refractivity contribution in [3.05, 3.63) is 30.6 Å². The number of hydrogen-bond donors (Lipinski definition) is 2. The minimum absolute atomic E-state index is 0.00686. The molecule has 1 aromatic carbocycles. The normalized spacial score (nSPS) is 12.3. The summed E-state index contributed by atoms with van der Waals surface area (Å²) in [6.45, 7) is 2.53. The molecule has 5 heteroatoms. The lowest BCUT2D eigenvalue weighted by Crippen LogP contribution is -2.28. The number of hydrogen-bond acceptors (Lipinski definition) is 4. The summed E-state index contributed by atoms with van der Waals surface area (Å²) in [5.41, 5.74) is 2.34. The van der Waals surface area contributed by atoms with Crippen LogP contribution in [0.5, 0.6) is 0 Å². The van der Waals surface area contributed by atoms with E-state index < -0.39 is 0 Å². The molecule has 1 amide bonds. The first-order valence-electron chi connectivity index (χ1n) is 5.87. The summed E-state index contributed by atoms with van der Waals surface area (Å²) in [6.07, 6.45) is 3.28. The van der Waals surface area contributed by atoms with E-state index in [0.717, 1.165) is 16.7 Å². The maximum absolute atomic E-state index is 11.9. The monoisotopic (exact) mass is 244 g/mol. The van der Waals surface area contributed by atoms with Gasteiger partial charge in [-0.25, -0.2) is 0 Å². The molecule has 1 unspecified atom stereocenters. The molecule has 2 N–H and O–H groups in total. The van der Waals surface area contributed by atoms with Gasteiger partial charge in [-0.15, -0.1) is 0 Å². The van der Waals surface area contributed by atoms with Gasteiger partial charge in [-0.1, -0.05) is 6.92 Å². The largest absolute Gasteiger partial charge is 0.326 e. The van der Waals surface area contributed by atoms with Crippen molar-refractivity contribution in [3.63, 3.8) is 0 Å². The van der Waals surface area contributed by atoms with E-state index in [9.17, 15) is 4.79 Å². The van der Waals surface area contributed by atoms with Gasteiger partial charge in [-0.2, -0.15) is 0 Å². The van der Waals surface area contributed by atoms with Crippen LogP contribution < -0.4 is 10.6 Å². The minimum Gasteiger partial charge on any atom is -0.326 e. The van der Waals surface area contributed by atoms with E-state index in [1.807, 2.05) is 32.2 Å². The molecule has 1 atom stereocenters. The first-order chi connectivity index (χ1) is 8.70. The third kappa shape index (κ3) is 2.81. The second kappa shape index (κ2) is 5.55. The Labute approximate surface area is 106 Å². The molecule has 0 aliphatic carbocycles. The lowest BCUT2D eigenvalue weighted by atomic mass is 10.1. The van der Waals surface area contributed by atoms with Crippen LogP contribution in [0.2, 0.25) is 0 Å². The molecular weight excluding hydrogens is 228 g/mol. The Morgan fingerprint density at radius 2 is 2.00 bits per heavy atom. The van der Waals surface area contributed by atoms with Gasteiger partial charge in [0.1, 0.15) is 0 Å². The lowest BCUT2D eigenvalue weighted by molar-refractivity contribution is -0.119. The molecule has 0 saturated heterocycles. The zero-order chi connectivity index (χ0) is 13.0. The highest BCUT2D eigenvalue weighted by Gasteiger charge is 2.12. The molecule has 0 spiro atoms. The van der Waals surface area contributed by atoms with Crippen molar-refractivity contribution in [2.75, 3.05) is 18.9 Å². The molecule has 0 radical (unpaired) electrons. The fraction of sp³-hybridized carbons (Fsp3) is 0.308. The SMILES string of the molecule is CNCC(C)C(=O)Nc1ccc2nccnc2c1. The number of nitrogens with one attached hydrogen (secondary N) is 2. The Hall–Kier alpha value is -2.01. The van der Waals surface area contributed by atoms with E-state index in [1.165, 1.54) is 0 Å². The smallest absolute Gasteiger partial charge is 0.228 e. The van der Waals surface area contributed by atoms with Crippen molar-refractivity contribution in [1.82, 2.24) is 15.3 Å². The maximum Gasteiger partial charge on any atom is 0.228 e. The van der Waals surface area contributed by atoms with E-state index in [-0.39, 0.29) is 11.8 Å². The Kier molecular flexibility index (Phi) is 3.84. The first-order valence-corrected chi connectivity index (χ1v) is 5.87. The molecule has 94 valence electrons. The molecule has 0 aliphatic rings. The molecule has 0 fully saturated rings. The van der Waals surface area contributed by atoms with Crippen LogP contribution in [0.1, 0.15) is 6.92 Å². The average Bonchev–Trinajstić information content (AvgIpc) is 2.39. The van der Waals surface area contributed by atoms with Gasteiger partial charge in [-0.3, -0.25) is 14.8 Å². The van der Waals surface area contributed by atoms with Gasteiger partial charge in [-0.05, 0) is 25.2 Å². The average molecular weight is 244 g/mol. The Morgan fingerprint density at radius 3 is 2.72 bits per heavy atom. The lowest BCUT2D eigenvalue weighted by Gasteiger charge is -2.11. The topological polar surface area (TPSA) is 66.9 Å². The highest BCUT2D eigenvalue weighted by atomic mass is 16.1. The summed E-state index contributed by atoms with van der Waals surface area (Å²) in [6, 6.07) is 5.51. The predicted molar refractivity (Wildman–Crippen MR) is 71.3 cm³/mol. The van der Waals surface area contributed by atoms with E-state index in [0.29, 0.717) is 6.54 Å². The Bertz CT molecular complexity index is 555. The van der Waals surface area contributed by atoms with Crippen molar-refractivity contribution in [2.24, 2.45) is 5.92 Å². The van der Waals surface area contributed by atoms with Gasteiger partial charge in [0, 0.05) is 30.5 Å². The molecule has 0 bridgehead atoms. The van der Waals surface area contributed by atoms with Crippen LogP contribution in [-0.4, -0.2) is 29.5 Å². The summed E-state index contributed by atoms with van der Waals surface area (Å²) in [7, 11) is 1.83. The minimum atomic E-state index is -0.0763. The van der Waals surface area contributed by atoms with E-state index in [4.69, 9.17) is 0 Å². The quantitative estimate of drug-likeness (QED) is 0.853. The number of carbonyl (C=O) groups is 1. The van der Waals surface area contributed by atoms with Crippen molar-refractivity contribution in [3.8, 4) is 0 Å². The van der Waals surface area contributed by atoms with Gasteiger partial charge >= 0.3 is 0 Å². The van der Waals surface area contributed by atoms with Crippen LogP contribution in [0.25, 0.3) is 11.0 Å². The fourth-order valence-electron chi connectivity index (χ4n) is 1.71. The van der Waals surface area contributed by atoms with Gasteiger partial charge in [0.15, 0.2) is 0 Å². The highest BCUT2D eigenvalue weighted by molar-refractivity contribution is 5.94. The van der Waals surface area contributed by atoms with E-state index in [1.54, 1.807) is 12.4 Å². The third-order valence-corrected chi connectivity index (χ3v) is 2.69. The predicted octanol–water partition coefficient (Wildman–Crippen LogP) is 1.42. The van der Waals surface area contributed by atoms with Crippen molar-refractivity contribution in [2.45, 2.75) is 6.92 Å². The molecule has 18 heavy (non-hydrogen) atoms. The van der Waals surface area contributed by atoms with Crippen molar-refractivity contribution < 1.29 is 4.79 Å². The Morgan fingerprint density at radius 1 is 1.28 bits per heavy atom. The Balaban J connectivity index is 2.14. The molecule has 2 rings (SSSR count). The molecule has 2 aromatic rings. The standard InChI is InChI=1S/C13H16N4O/c1-9(8-14-2)13(18)17-10-3-4-11-12(7-10)16-6-5-15-11/h3-7,9,14H,8H2,1-2H3,(H,17,18). The van der Waals surface area contributed by atoms with Gasteiger partial charge in [0.25, 0.3) is 0 Å². The van der Waals surface area contributed by atoms with Gasteiger partial charge < -0.3 is 10.6 Å². The summed E-state index contributed by atoms with van der Waals surface area (Å²) in [4.78, 5) is 20.2. The van der Waals surface area contributed by atoms with Crippen LogP contribution in [0.4, 0.5) is 5.69 Å². The van der Waals surface area contributed by atoms with Gasteiger partial charge in [0.05, 0.1) is 11.0 Å². The van der Waals surface area contributed by atoms with Crippen LogP contribution in [-0.2, 0) is 4.79 Å². The van der Waals surface area contributed by atoms with Crippen LogP contribution in [0.3, 0.4) is 0 Å². The number of amides is 1. The number of anilines is 1. The summed E-state index contributed by atoms with van der Waals surface area (Å²) in [5.74, 6) is -0.0832. The third-order valence-electron chi connectivity index (χ3n) is 2.69. The number of benzene rings is 1. The molecule has 5 nitrogen and oxygen atoms in total. The molecule has 0 saturated carbocycles. The number of fused-ring (bicyclic) bond motifs is 1. The second-order valence-electron chi connectivity index (χ2n) is 4.21. The van der Waals surface area contributed by atoms with Crippen molar-refractivity contribution >= 4 is 22.6 Å². The zero-order valence-electron chi connectivity index (χ0n) is 10.5. The second-order valence-corrected chi connectivity index (χ2v) is 4.21. The number of carbonyl (C=O) groups excluding carboxylic acids is 1. The summed E-state index contributed by atoms with van der Waals surface area (Å²) < 4.78 is 0.